The molecule has 0 aromatic heterocycles. The quantitative estimate of drug-likeness (QED) is 0.493. The molecule has 0 heterocycles. The van der Waals surface area contributed by atoms with Crippen molar-refractivity contribution >= 4 is 27.5 Å². The minimum absolute atomic E-state index is 0.0574. The predicted molar refractivity (Wildman–Crippen MR) is 79.7 cm³/mol. The Morgan fingerprint density at radius 2 is 2.00 bits per heavy atom. The van der Waals surface area contributed by atoms with Crippen molar-refractivity contribution in [3.8, 4) is 0 Å². The van der Waals surface area contributed by atoms with E-state index < -0.39 is 16.1 Å². The van der Waals surface area contributed by atoms with Crippen molar-refractivity contribution in [1.82, 2.24) is 4.72 Å². The molecule has 0 saturated carbocycles. The van der Waals surface area contributed by atoms with Crippen LogP contribution in [0.15, 0.2) is 29.2 Å². The lowest BCUT2D eigenvalue weighted by molar-refractivity contribution is 0.186. The normalized spacial score (nSPS) is 13.4. The number of nitrogens with one attached hydrogen (secondary N) is 1. The van der Waals surface area contributed by atoms with Crippen LogP contribution in [0.4, 0.5) is 5.69 Å². The van der Waals surface area contributed by atoms with Gasteiger partial charge in [0.25, 0.3) is 0 Å². The largest absolute Gasteiger partial charge is 0.399 e. The smallest absolute Gasteiger partial charge is 0.212 e. The fourth-order valence-electron chi connectivity index (χ4n) is 1.33. The Hall–Kier alpha value is -0.760. The number of sulfonamides is 1. The first kappa shape index (κ1) is 16.3. The molecule has 1 rings (SSSR count). The monoisotopic (exact) mass is 304 g/mol. The van der Waals surface area contributed by atoms with E-state index in [1.54, 1.807) is 19.1 Å². The van der Waals surface area contributed by atoms with Crippen LogP contribution in [0.25, 0.3) is 0 Å². The topological polar surface area (TPSA) is 92.4 Å². The van der Waals surface area contributed by atoms with E-state index in [4.69, 9.17) is 10.8 Å². The van der Waals surface area contributed by atoms with Gasteiger partial charge in [-0.15, -0.1) is 11.8 Å². The summed E-state index contributed by atoms with van der Waals surface area (Å²) in [6.45, 7) is 1.90. The van der Waals surface area contributed by atoms with Crippen molar-refractivity contribution in [1.29, 1.82) is 0 Å². The van der Waals surface area contributed by atoms with Gasteiger partial charge in [-0.05, 0) is 37.6 Å². The van der Waals surface area contributed by atoms with E-state index in [2.05, 4.69) is 4.72 Å². The van der Waals surface area contributed by atoms with Crippen molar-refractivity contribution in [2.45, 2.75) is 24.3 Å². The van der Waals surface area contributed by atoms with Gasteiger partial charge in [0.1, 0.15) is 0 Å². The van der Waals surface area contributed by atoms with Gasteiger partial charge in [0, 0.05) is 22.9 Å². The number of aliphatic hydroxyl groups excluding tert-OH is 1. The van der Waals surface area contributed by atoms with Gasteiger partial charge in [-0.2, -0.15) is 0 Å². The van der Waals surface area contributed by atoms with E-state index >= 15 is 0 Å². The van der Waals surface area contributed by atoms with Crippen LogP contribution in [-0.4, -0.2) is 37.7 Å². The summed E-state index contributed by atoms with van der Waals surface area (Å²) in [5.74, 6) is 0.537. The maximum Gasteiger partial charge on any atom is 0.212 e. The SMILES string of the molecule is CC(O)CCNS(=O)(=O)CCSc1ccc(N)cc1. The number of hydrogen-bond donors (Lipinski definition) is 3. The van der Waals surface area contributed by atoms with Gasteiger partial charge >= 0.3 is 0 Å². The molecule has 1 aromatic carbocycles. The van der Waals surface area contributed by atoms with E-state index in [0.29, 0.717) is 17.9 Å². The molecule has 4 N–H and O–H groups in total. The number of rotatable bonds is 8. The average molecular weight is 304 g/mol. The molecule has 0 radical (unpaired) electrons. The molecule has 19 heavy (non-hydrogen) atoms. The minimum Gasteiger partial charge on any atom is -0.399 e. The number of anilines is 1. The summed E-state index contributed by atoms with van der Waals surface area (Å²) in [6, 6.07) is 7.32. The van der Waals surface area contributed by atoms with Crippen LogP contribution in [-0.2, 0) is 10.0 Å². The number of hydrogen-bond acceptors (Lipinski definition) is 5. The Balaban J connectivity index is 2.29. The molecule has 1 atom stereocenters. The van der Waals surface area contributed by atoms with Crippen molar-refractivity contribution in [3.05, 3.63) is 24.3 Å². The number of aliphatic hydroxyl groups is 1. The molecule has 0 aliphatic rings. The molecule has 7 heteroatoms. The summed E-state index contributed by atoms with van der Waals surface area (Å²) >= 11 is 1.47. The second-order valence-corrected chi connectivity index (χ2v) is 7.36. The maximum atomic E-state index is 11.6. The minimum atomic E-state index is -3.26. The van der Waals surface area contributed by atoms with Crippen LogP contribution in [0.5, 0.6) is 0 Å². The summed E-state index contributed by atoms with van der Waals surface area (Å²) < 4.78 is 25.7. The fourth-order valence-corrected chi connectivity index (χ4v) is 3.68. The first-order valence-electron chi connectivity index (χ1n) is 6.03. The molecule has 0 aliphatic carbocycles. The van der Waals surface area contributed by atoms with Crippen molar-refractivity contribution in [2.24, 2.45) is 0 Å². The summed E-state index contributed by atoms with van der Waals surface area (Å²) in [6.07, 6.45) is -0.0727. The standard InChI is InChI=1S/C12H20N2O3S2/c1-10(15)6-7-14-19(16,17)9-8-18-12-4-2-11(13)3-5-12/h2-5,10,14-15H,6-9,13H2,1H3. The highest BCUT2D eigenvalue weighted by atomic mass is 32.2. The van der Waals surface area contributed by atoms with Gasteiger partial charge < -0.3 is 10.8 Å². The zero-order valence-electron chi connectivity index (χ0n) is 10.9. The van der Waals surface area contributed by atoms with Crippen molar-refractivity contribution in [3.63, 3.8) is 0 Å². The Labute approximate surface area is 118 Å². The molecular weight excluding hydrogens is 284 g/mol. The predicted octanol–water partition coefficient (Wildman–Crippen LogP) is 1.05. The van der Waals surface area contributed by atoms with Crippen LogP contribution in [0.2, 0.25) is 0 Å². The first-order chi connectivity index (χ1) is 8.89. The van der Waals surface area contributed by atoms with Crippen molar-refractivity contribution < 1.29 is 13.5 Å². The van der Waals surface area contributed by atoms with Crippen molar-refractivity contribution in [2.75, 3.05) is 23.8 Å². The molecule has 0 saturated heterocycles. The highest BCUT2D eigenvalue weighted by Crippen LogP contribution is 2.19. The molecule has 0 fully saturated rings. The molecule has 5 nitrogen and oxygen atoms in total. The van der Waals surface area contributed by atoms with Gasteiger partial charge in [-0.3, -0.25) is 0 Å². The number of nitrogens with two attached hydrogens (primary N) is 1. The van der Waals surface area contributed by atoms with Gasteiger partial charge in [-0.1, -0.05) is 0 Å². The third-order valence-corrected chi connectivity index (χ3v) is 5.04. The number of nitrogen functional groups attached to an aromatic ring is 1. The highest BCUT2D eigenvalue weighted by Gasteiger charge is 2.10. The average Bonchev–Trinajstić information content (AvgIpc) is 2.30. The van der Waals surface area contributed by atoms with E-state index in [-0.39, 0.29) is 12.3 Å². The van der Waals surface area contributed by atoms with Gasteiger partial charge in [0.15, 0.2) is 0 Å². The summed E-state index contributed by atoms with van der Waals surface area (Å²) in [7, 11) is -3.26. The van der Waals surface area contributed by atoms with Crippen LogP contribution in [0.3, 0.4) is 0 Å². The maximum absolute atomic E-state index is 11.6. The molecular formula is C12H20N2O3S2. The molecule has 0 spiro atoms. The zero-order valence-corrected chi connectivity index (χ0v) is 12.5. The van der Waals surface area contributed by atoms with Crippen LogP contribution >= 0.6 is 11.8 Å². The lowest BCUT2D eigenvalue weighted by Crippen LogP contribution is -2.29. The highest BCUT2D eigenvalue weighted by molar-refractivity contribution is 8.00. The molecule has 1 aromatic rings. The molecule has 0 aliphatic heterocycles. The fraction of sp³-hybridized carbons (Fsp3) is 0.500. The van der Waals surface area contributed by atoms with E-state index in [1.807, 2.05) is 12.1 Å². The molecule has 1 unspecified atom stereocenters. The van der Waals surface area contributed by atoms with Gasteiger partial charge in [0.2, 0.25) is 10.0 Å². The molecule has 0 amide bonds. The first-order valence-corrected chi connectivity index (χ1v) is 8.66. The Morgan fingerprint density at radius 3 is 2.58 bits per heavy atom. The van der Waals surface area contributed by atoms with Crippen LogP contribution in [0, 0.1) is 0 Å². The Morgan fingerprint density at radius 1 is 1.37 bits per heavy atom. The van der Waals surface area contributed by atoms with Crippen LogP contribution < -0.4 is 10.5 Å². The van der Waals surface area contributed by atoms with Crippen LogP contribution in [0.1, 0.15) is 13.3 Å². The third-order valence-electron chi connectivity index (χ3n) is 2.38. The second-order valence-electron chi connectivity index (χ2n) is 4.27. The number of thioether (sulfide) groups is 1. The third kappa shape index (κ3) is 7.41. The lowest BCUT2D eigenvalue weighted by atomic mass is 10.3. The number of benzene rings is 1. The molecule has 108 valence electrons. The van der Waals surface area contributed by atoms with Gasteiger partial charge in [0.05, 0.1) is 11.9 Å². The second kappa shape index (κ2) is 7.74. The van der Waals surface area contributed by atoms with E-state index in [0.717, 1.165) is 4.90 Å². The Kier molecular flexibility index (Phi) is 6.64. The van der Waals surface area contributed by atoms with E-state index in [1.165, 1.54) is 11.8 Å². The Bertz CT molecular complexity index is 472. The van der Waals surface area contributed by atoms with E-state index in [9.17, 15) is 8.42 Å². The molecule has 0 bridgehead atoms. The summed E-state index contributed by atoms with van der Waals surface area (Å²) in [5, 5.41) is 9.05. The summed E-state index contributed by atoms with van der Waals surface area (Å²) in [5.41, 5.74) is 6.26. The van der Waals surface area contributed by atoms with Gasteiger partial charge in [-0.25, -0.2) is 13.1 Å². The lowest BCUT2D eigenvalue weighted by Gasteiger charge is -2.08. The summed E-state index contributed by atoms with van der Waals surface area (Å²) in [4.78, 5) is 0.994. The zero-order chi connectivity index (χ0) is 14.3.